The Morgan fingerprint density at radius 3 is 2.58 bits per heavy atom. The van der Waals surface area contributed by atoms with E-state index in [9.17, 15) is 4.79 Å². The van der Waals surface area contributed by atoms with Crippen molar-refractivity contribution in [3.63, 3.8) is 0 Å². The number of hydrogen-bond acceptors (Lipinski definition) is 7. The number of rotatable bonds is 5. The van der Waals surface area contributed by atoms with Gasteiger partial charge in [-0.3, -0.25) is 0 Å². The van der Waals surface area contributed by atoms with Crippen LogP contribution in [0.15, 0.2) is 16.7 Å². The van der Waals surface area contributed by atoms with Crippen LogP contribution in [0.1, 0.15) is 5.56 Å². The van der Waals surface area contributed by atoms with E-state index < -0.39 is 12.6 Å². The van der Waals surface area contributed by atoms with Gasteiger partial charge in [0, 0.05) is 16.2 Å². The number of carbonyl (C=O) groups is 1. The topological polar surface area (TPSA) is 87.1 Å². The number of methoxy groups -OCH3 is 1. The highest BCUT2D eigenvalue weighted by Gasteiger charge is 2.01. The standard InChI is InChI=1S/C8H10BrNO3.C3H6O3/c1-6-3-7(9)4-10-8(6)12-5-13-11-2;1-6-3(5)2-4/h3-4H,5H2,1-2H3;4H,2H2,1H3. The van der Waals surface area contributed by atoms with E-state index in [1.165, 1.54) is 14.2 Å². The van der Waals surface area contributed by atoms with Crippen LogP contribution in [0.3, 0.4) is 0 Å². The maximum Gasteiger partial charge on any atom is 0.331 e. The second kappa shape index (κ2) is 10.7. The summed E-state index contributed by atoms with van der Waals surface area (Å²) in [4.78, 5) is 22.7. The van der Waals surface area contributed by atoms with Crippen molar-refractivity contribution in [3.05, 3.63) is 22.3 Å². The van der Waals surface area contributed by atoms with Crippen LogP contribution in [0.2, 0.25) is 0 Å². The van der Waals surface area contributed by atoms with Gasteiger partial charge >= 0.3 is 5.97 Å². The van der Waals surface area contributed by atoms with Crippen molar-refractivity contribution < 1.29 is 29.1 Å². The van der Waals surface area contributed by atoms with Gasteiger partial charge in [-0.2, -0.15) is 4.89 Å². The van der Waals surface area contributed by atoms with Gasteiger partial charge in [0.05, 0.1) is 14.2 Å². The van der Waals surface area contributed by atoms with Gasteiger partial charge in [0.15, 0.2) is 0 Å². The number of aliphatic hydroxyl groups is 1. The van der Waals surface area contributed by atoms with Crippen molar-refractivity contribution in [2.24, 2.45) is 0 Å². The molecule has 0 saturated carbocycles. The minimum absolute atomic E-state index is 0.0337. The Morgan fingerprint density at radius 2 is 2.16 bits per heavy atom. The minimum atomic E-state index is -0.602. The van der Waals surface area contributed by atoms with Gasteiger partial charge in [0.25, 0.3) is 0 Å². The summed E-state index contributed by atoms with van der Waals surface area (Å²) in [7, 11) is 2.64. The molecule has 1 aromatic rings. The number of halogens is 1. The normalized spacial score (nSPS) is 9.32. The third-order valence-corrected chi connectivity index (χ3v) is 2.15. The highest BCUT2D eigenvalue weighted by atomic mass is 79.9. The van der Waals surface area contributed by atoms with Crippen LogP contribution in [-0.2, 0) is 19.3 Å². The van der Waals surface area contributed by atoms with Gasteiger partial charge in [-0.25, -0.2) is 14.7 Å². The molecule has 1 heterocycles. The highest BCUT2D eigenvalue weighted by molar-refractivity contribution is 9.10. The monoisotopic (exact) mass is 337 g/mol. The Morgan fingerprint density at radius 1 is 1.47 bits per heavy atom. The molecule has 1 rings (SSSR count). The average molecular weight is 338 g/mol. The van der Waals surface area contributed by atoms with Crippen molar-refractivity contribution in [1.29, 1.82) is 0 Å². The van der Waals surface area contributed by atoms with E-state index in [0.29, 0.717) is 5.88 Å². The molecular weight excluding hydrogens is 322 g/mol. The van der Waals surface area contributed by atoms with Crippen LogP contribution >= 0.6 is 15.9 Å². The molecule has 19 heavy (non-hydrogen) atoms. The zero-order chi connectivity index (χ0) is 14.7. The van der Waals surface area contributed by atoms with Gasteiger partial charge in [-0.15, -0.1) is 0 Å². The first kappa shape index (κ1) is 17.8. The van der Waals surface area contributed by atoms with Crippen molar-refractivity contribution in [3.8, 4) is 5.88 Å². The van der Waals surface area contributed by atoms with E-state index in [0.717, 1.165) is 10.0 Å². The number of nitrogens with zero attached hydrogens (tertiary/aromatic N) is 1. The van der Waals surface area contributed by atoms with Crippen molar-refractivity contribution >= 4 is 21.9 Å². The average Bonchev–Trinajstić information content (AvgIpc) is 2.41. The molecule has 0 saturated heterocycles. The Hall–Kier alpha value is -1.22. The largest absolute Gasteiger partial charge is 0.467 e. The Labute approximate surface area is 119 Å². The van der Waals surface area contributed by atoms with Crippen LogP contribution in [0.4, 0.5) is 0 Å². The maximum absolute atomic E-state index is 9.71. The summed E-state index contributed by atoms with van der Waals surface area (Å²) < 4.78 is 10.1. The van der Waals surface area contributed by atoms with Crippen molar-refractivity contribution in [2.75, 3.05) is 27.6 Å². The molecule has 0 aromatic carbocycles. The molecule has 0 bridgehead atoms. The SMILES string of the molecule is COC(=O)CO.COOCOc1ncc(Br)cc1C. The fourth-order valence-electron chi connectivity index (χ4n) is 0.872. The predicted molar refractivity (Wildman–Crippen MR) is 69.4 cm³/mol. The van der Waals surface area contributed by atoms with Crippen LogP contribution in [0, 0.1) is 6.92 Å². The maximum atomic E-state index is 9.71. The highest BCUT2D eigenvalue weighted by Crippen LogP contribution is 2.18. The number of aromatic nitrogens is 1. The Bertz CT molecular complexity index is 381. The first-order chi connectivity index (χ1) is 9.04. The van der Waals surface area contributed by atoms with E-state index >= 15 is 0 Å². The Kier molecular flexibility index (Phi) is 9.99. The van der Waals surface area contributed by atoms with Crippen molar-refractivity contribution in [2.45, 2.75) is 6.92 Å². The molecular formula is C11H16BrNO6. The first-order valence-corrected chi connectivity index (χ1v) is 5.92. The second-order valence-corrected chi connectivity index (χ2v) is 3.97. The Balaban J connectivity index is 0.000000459. The molecule has 0 aliphatic heterocycles. The molecule has 0 spiro atoms. The summed E-state index contributed by atoms with van der Waals surface area (Å²) in [5.41, 5.74) is 0.939. The van der Waals surface area contributed by atoms with Gasteiger partial charge in [-0.05, 0) is 28.9 Å². The summed E-state index contributed by atoms with van der Waals surface area (Å²) >= 11 is 3.30. The molecule has 0 unspecified atom stereocenters. The summed E-state index contributed by atoms with van der Waals surface area (Å²) in [5.74, 6) is -0.0600. The second-order valence-electron chi connectivity index (χ2n) is 3.06. The number of hydrogen-bond donors (Lipinski definition) is 1. The molecule has 0 aliphatic rings. The predicted octanol–water partition coefficient (Wildman–Crippen LogP) is 1.22. The summed E-state index contributed by atoms with van der Waals surface area (Å²) in [6.07, 6.45) is 1.66. The van der Waals surface area contributed by atoms with Gasteiger partial charge in [-0.1, -0.05) is 0 Å². The van der Waals surface area contributed by atoms with E-state index in [1.807, 2.05) is 13.0 Å². The van der Waals surface area contributed by atoms with E-state index in [1.54, 1.807) is 6.20 Å². The smallest absolute Gasteiger partial charge is 0.331 e. The third-order valence-electron chi connectivity index (χ3n) is 1.72. The number of carbonyl (C=O) groups excluding carboxylic acids is 1. The number of aryl methyl sites for hydroxylation is 1. The summed E-state index contributed by atoms with van der Waals surface area (Å²) in [6, 6.07) is 1.91. The molecule has 1 N–H and O–H groups in total. The number of esters is 1. The number of pyridine rings is 1. The zero-order valence-electron chi connectivity index (χ0n) is 10.9. The number of aliphatic hydroxyl groups excluding tert-OH is 1. The van der Waals surface area contributed by atoms with Crippen LogP contribution in [0.5, 0.6) is 5.88 Å². The number of ether oxygens (including phenoxy) is 2. The van der Waals surface area contributed by atoms with Gasteiger partial charge in [0.2, 0.25) is 12.7 Å². The lowest BCUT2D eigenvalue weighted by Crippen LogP contribution is -2.04. The van der Waals surface area contributed by atoms with Crippen LogP contribution < -0.4 is 4.74 Å². The molecule has 108 valence electrons. The van der Waals surface area contributed by atoms with E-state index in [2.05, 4.69) is 35.4 Å². The lowest BCUT2D eigenvalue weighted by atomic mass is 10.3. The fourth-order valence-corrected chi connectivity index (χ4v) is 1.32. The molecule has 0 radical (unpaired) electrons. The van der Waals surface area contributed by atoms with Gasteiger partial charge in [0.1, 0.15) is 6.61 Å². The van der Waals surface area contributed by atoms with Crippen LogP contribution in [-0.4, -0.2) is 43.7 Å². The lowest BCUT2D eigenvalue weighted by molar-refractivity contribution is -0.304. The summed E-state index contributed by atoms with van der Waals surface area (Å²) in [5, 5.41) is 7.86. The summed E-state index contributed by atoms with van der Waals surface area (Å²) in [6.45, 7) is 1.41. The molecule has 0 fully saturated rings. The molecule has 0 amide bonds. The van der Waals surface area contributed by atoms with Crippen molar-refractivity contribution in [1.82, 2.24) is 4.98 Å². The third kappa shape index (κ3) is 8.49. The molecule has 0 aliphatic carbocycles. The zero-order valence-corrected chi connectivity index (χ0v) is 12.5. The van der Waals surface area contributed by atoms with E-state index in [-0.39, 0.29) is 6.79 Å². The molecule has 0 atom stereocenters. The van der Waals surface area contributed by atoms with Crippen LogP contribution in [0.25, 0.3) is 0 Å². The van der Waals surface area contributed by atoms with E-state index in [4.69, 9.17) is 9.84 Å². The lowest BCUT2D eigenvalue weighted by Gasteiger charge is -2.06. The van der Waals surface area contributed by atoms with Gasteiger partial charge < -0.3 is 14.6 Å². The quantitative estimate of drug-likeness (QED) is 0.284. The first-order valence-electron chi connectivity index (χ1n) is 5.13. The molecule has 8 heteroatoms. The minimum Gasteiger partial charge on any atom is -0.467 e. The molecule has 7 nitrogen and oxygen atoms in total. The fraction of sp³-hybridized carbons (Fsp3) is 0.455. The molecule has 1 aromatic heterocycles.